The molecule has 1 spiro atoms. The molecule has 2 aliphatic heterocycles. The SMILES string of the molecule is CCOC(=O)[C@@H]1CC2(CCN(c3cc(O[C@H](c4ccc(Cl)cc4-c4cccc(CN)c4)C(F)(F)F)nc(N)n3)CC2)CN1. The smallest absolute Gasteiger partial charge is 0.429 e. The first-order valence-corrected chi connectivity index (χ1v) is 14.5. The molecule has 2 aromatic carbocycles. The van der Waals surface area contributed by atoms with Crippen LogP contribution in [0.1, 0.15) is 43.4 Å². The van der Waals surface area contributed by atoms with Crippen molar-refractivity contribution < 1.29 is 27.4 Å². The second kappa shape index (κ2) is 12.6. The second-order valence-electron chi connectivity index (χ2n) is 11.0. The molecular formula is C30H34ClF3N6O3. The topological polar surface area (TPSA) is 129 Å². The summed E-state index contributed by atoms with van der Waals surface area (Å²) >= 11 is 6.21. The third-order valence-electron chi connectivity index (χ3n) is 8.09. The molecule has 3 heterocycles. The lowest BCUT2D eigenvalue weighted by Crippen LogP contribution is -2.41. The Labute approximate surface area is 252 Å². The third-order valence-corrected chi connectivity index (χ3v) is 8.33. The van der Waals surface area contributed by atoms with Crippen molar-refractivity contribution in [2.24, 2.45) is 11.1 Å². The van der Waals surface area contributed by atoms with Gasteiger partial charge in [-0.3, -0.25) is 4.79 Å². The summed E-state index contributed by atoms with van der Waals surface area (Å²) in [5.74, 6) is -0.377. The fourth-order valence-corrected chi connectivity index (χ4v) is 6.04. The largest absolute Gasteiger partial charge is 0.465 e. The Balaban J connectivity index is 1.38. The van der Waals surface area contributed by atoms with Crippen LogP contribution in [-0.4, -0.2) is 54.4 Å². The fourth-order valence-electron chi connectivity index (χ4n) is 5.87. The van der Waals surface area contributed by atoms with E-state index in [0.29, 0.717) is 44.0 Å². The molecule has 3 aromatic rings. The molecule has 2 aliphatic rings. The van der Waals surface area contributed by atoms with Gasteiger partial charge in [-0.15, -0.1) is 0 Å². The van der Waals surface area contributed by atoms with Gasteiger partial charge in [-0.05, 0) is 66.5 Å². The van der Waals surface area contributed by atoms with E-state index in [1.54, 1.807) is 31.2 Å². The Morgan fingerprint density at radius 2 is 1.95 bits per heavy atom. The van der Waals surface area contributed by atoms with Crippen LogP contribution in [-0.2, 0) is 16.1 Å². The van der Waals surface area contributed by atoms with Gasteiger partial charge < -0.3 is 31.2 Å². The number of hydrogen-bond acceptors (Lipinski definition) is 9. The van der Waals surface area contributed by atoms with E-state index >= 15 is 0 Å². The Kier molecular flexibility index (Phi) is 9.00. The molecule has 0 bridgehead atoms. The molecule has 2 saturated heterocycles. The summed E-state index contributed by atoms with van der Waals surface area (Å²) in [6, 6.07) is 12.2. The van der Waals surface area contributed by atoms with Crippen molar-refractivity contribution in [3.05, 3.63) is 64.7 Å². The molecule has 2 atom stereocenters. The number of anilines is 2. The van der Waals surface area contributed by atoms with Crippen LogP contribution in [0.5, 0.6) is 5.88 Å². The van der Waals surface area contributed by atoms with Crippen molar-refractivity contribution in [3.8, 4) is 17.0 Å². The molecule has 13 heteroatoms. The lowest BCUT2D eigenvalue weighted by molar-refractivity contribution is -0.198. The fraction of sp³-hybridized carbons (Fsp3) is 0.433. The number of benzene rings is 2. The maximum Gasteiger partial charge on any atom is 0.429 e. The number of nitrogens with two attached hydrogens (primary N) is 2. The lowest BCUT2D eigenvalue weighted by atomic mass is 9.76. The highest BCUT2D eigenvalue weighted by molar-refractivity contribution is 6.30. The zero-order valence-corrected chi connectivity index (χ0v) is 24.4. The van der Waals surface area contributed by atoms with Crippen molar-refractivity contribution in [1.82, 2.24) is 15.3 Å². The molecule has 230 valence electrons. The Morgan fingerprint density at radius 3 is 2.65 bits per heavy atom. The van der Waals surface area contributed by atoms with Gasteiger partial charge in [-0.1, -0.05) is 35.9 Å². The van der Waals surface area contributed by atoms with Gasteiger partial charge in [0.1, 0.15) is 11.9 Å². The van der Waals surface area contributed by atoms with Crippen molar-refractivity contribution in [1.29, 1.82) is 0 Å². The van der Waals surface area contributed by atoms with E-state index in [0.717, 1.165) is 18.4 Å². The maximum absolute atomic E-state index is 14.6. The van der Waals surface area contributed by atoms with Crippen LogP contribution >= 0.6 is 11.6 Å². The number of hydrogen-bond donors (Lipinski definition) is 3. The summed E-state index contributed by atoms with van der Waals surface area (Å²) in [7, 11) is 0. The highest BCUT2D eigenvalue weighted by Crippen LogP contribution is 2.43. The van der Waals surface area contributed by atoms with Crippen LogP contribution in [0.25, 0.3) is 11.1 Å². The summed E-state index contributed by atoms with van der Waals surface area (Å²) in [5, 5.41) is 3.55. The number of carbonyl (C=O) groups excluding carboxylic acids is 1. The number of alkyl halides is 3. The Morgan fingerprint density at radius 1 is 1.19 bits per heavy atom. The molecule has 2 fully saturated rings. The van der Waals surface area contributed by atoms with E-state index in [1.165, 1.54) is 24.3 Å². The molecule has 43 heavy (non-hydrogen) atoms. The van der Waals surface area contributed by atoms with Crippen LogP contribution in [0.15, 0.2) is 48.5 Å². The number of ether oxygens (including phenoxy) is 2. The minimum Gasteiger partial charge on any atom is -0.465 e. The number of rotatable bonds is 8. The van der Waals surface area contributed by atoms with Crippen LogP contribution < -0.4 is 26.4 Å². The highest BCUT2D eigenvalue weighted by Gasteiger charge is 2.46. The number of halogens is 4. The van der Waals surface area contributed by atoms with Gasteiger partial charge in [0.25, 0.3) is 0 Å². The number of nitrogen functional groups attached to an aromatic ring is 1. The Hall–Kier alpha value is -3.61. The molecule has 5 rings (SSSR count). The minimum absolute atomic E-state index is 0.0700. The van der Waals surface area contributed by atoms with Gasteiger partial charge >= 0.3 is 12.1 Å². The summed E-state index contributed by atoms with van der Waals surface area (Å²) in [6.07, 6.45) is -4.97. The molecule has 0 radical (unpaired) electrons. The number of nitrogens with zero attached hydrogens (tertiary/aromatic N) is 3. The number of carbonyl (C=O) groups is 1. The molecule has 0 unspecified atom stereocenters. The first-order valence-electron chi connectivity index (χ1n) is 14.1. The van der Waals surface area contributed by atoms with E-state index in [1.807, 2.05) is 4.90 Å². The first-order chi connectivity index (χ1) is 20.5. The third kappa shape index (κ3) is 6.97. The van der Waals surface area contributed by atoms with Crippen molar-refractivity contribution in [2.75, 3.05) is 36.9 Å². The monoisotopic (exact) mass is 618 g/mol. The van der Waals surface area contributed by atoms with Gasteiger partial charge in [0.05, 0.1) is 6.61 Å². The van der Waals surface area contributed by atoms with Gasteiger partial charge in [-0.2, -0.15) is 23.1 Å². The summed E-state index contributed by atoms with van der Waals surface area (Å²) < 4.78 is 54.5. The van der Waals surface area contributed by atoms with E-state index in [-0.39, 0.29) is 51.9 Å². The summed E-state index contributed by atoms with van der Waals surface area (Å²) in [5.41, 5.74) is 13.1. The van der Waals surface area contributed by atoms with Gasteiger partial charge in [0, 0.05) is 42.8 Å². The predicted octanol–water partition coefficient (Wildman–Crippen LogP) is 5.03. The number of aromatic nitrogens is 2. The maximum atomic E-state index is 14.6. The van der Waals surface area contributed by atoms with Gasteiger partial charge in [-0.25, -0.2) is 0 Å². The first kappa shape index (κ1) is 30.8. The minimum atomic E-state index is -4.80. The zero-order valence-electron chi connectivity index (χ0n) is 23.7. The van der Waals surface area contributed by atoms with Crippen LogP contribution in [0, 0.1) is 5.41 Å². The van der Waals surface area contributed by atoms with Gasteiger partial charge in [0.2, 0.25) is 17.9 Å². The molecular weight excluding hydrogens is 585 g/mol. The summed E-state index contributed by atoms with van der Waals surface area (Å²) in [6.45, 7) is 4.18. The van der Waals surface area contributed by atoms with Crippen molar-refractivity contribution in [3.63, 3.8) is 0 Å². The normalized spacial score (nSPS) is 18.9. The van der Waals surface area contributed by atoms with E-state index in [9.17, 15) is 18.0 Å². The number of esters is 1. The quantitative estimate of drug-likeness (QED) is 0.298. The number of piperidine rings is 1. The Bertz CT molecular complexity index is 1470. The average Bonchev–Trinajstić information content (AvgIpc) is 3.39. The van der Waals surface area contributed by atoms with E-state index < -0.39 is 12.3 Å². The van der Waals surface area contributed by atoms with Crippen LogP contribution in [0.2, 0.25) is 5.02 Å². The standard InChI is InChI=1S/C30H34ClF3N6O3/c1-2-42-27(41)23-15-29(17-37-23)8-10-40(11-9-29)24-14-25(39-28(36)38-24)43-26(30(32,33)34)21-7-6-20(31)13-22(21)19-5-3-4-18(12-19)16-35/h3-7,12-14,23,26,37H,2,8-11,15-17,35H2,1H3,(H2,36,38,39)/t23-,26+/m0/s1. The molecule has 5 N–H and O–H groups in total. The van der Waals surface area contributed by atoms with Crippen molar-refractivity contribution in [2.45, 2.75) is 51.1 Å². The predicted molar refractivity (Wildman–Crippen MR) is 158 cm³/mol. The highest BCUT2D eigenvalue weighted by atomic mass is 35.5. The van der Waals surface area contributed by atoms with Crippen molar-refractivity contribution >= 4 is 29.3 Å². The van der Waals surface area contributed by atoms with E-state index in [2.05, 4.69) is 15.3 Å². The van der Waals surface area contributed by atoms with Gasteiger partial charge in [0.15, 0.2) is 0 Å². The number of nitrogens with one attached hydrogen (secondary N) is 1. The van der Waals surface area contributed by atoms with E-state index in [4.69, 9.17) is 32.5 Å². The lowest BCUT2D eigenvalue weighted by Gasteiger charge is -2.39. The summed E-state index contributed by atoms with van der Waals surface area (Å²) in [4.78, 5) is 22.4. The average molecular weight is 619 g/mol. The van der Waals surface area contributed by atoms with Crippen LogP contribution in [0.3, 0.4) is 0 Å². The molecule has 9 nitrogen and oxygen atoms in total. The zero-order chi connectivity index (χ0) is 30.8. The molecule has 0 saturated carbocycles. The van der Waals surface area contributed by atoms with Crippen LogP contribution in [0.4, 0.5) is 24.9 Å². The molecule has 1 aromatic heterocycles. The molecule has 0 amide bonds. The molecule has 0 aliphatic carbocycles. The second-order valence-corrected chi connectivity index (χ2v) is 11.4.